The molecule has 1 aromatic rings. The average molecular weight is 453 g/mol. The van der Waals surface area contributed by atoms with Crippen molar-refractivity contribution < 1.29 is 0 Å². The Morgan fingerprint density at radius 1 is 0.879 bits per heavy atom. The first-order chi connectivity index (χ1) is 15.5. The van der Waals surface area contributed by atoms with E-state index in [0.717, 1.165) is 12.8 Å². The molecule has 1 rings (SSSR count). The lowest BCUT2D eigenvalue weighted by atomic mass is 9.95. The maximum Gasteiger partial charge on any atom is -0.0224 e. The number of aryl methyl sites for hydroxylation is 1. The van der Waals surface area contributed by atoms with E-state index in [1.54, 1.807) is 0 Å². The highest BCUT2D eigenvalue weighted by molar-refractivity contribution is 5.71. The normalized spacial score (nSPS) is 10.4. The summed E-state index contributed by atoms with van der Waals surface area (Å²) in [5, 5.41) is 0. The Labute approximate surface area is 209 Å². The summed E-state index contributed by atoms with van der Waals surface area (Å²) in [4.78, 5) is 0. The van der Waals surface area contributed by atoms with Crippen LogP contribution in [0.15, 0.2) is 104 Å². The van der Waals surface area contributed by atoms with E-state index in [-0.39, 0.29) is 7.43 Å². The fourth-order valence-corrected chi connectivity index (χ4v) is 2.34. The smallest absolute Gasteiger partial charge is 0.0224 e. The molecule has 1 aromatic carbocycles. The largest absolute Gasteiger partial charge is 0.106 e. The highest BCUT2D eigenvalue weighted by atomic mass is 14.1. The zero-order valence-corrected chi connectivity index (χ0v) is 22.8. The lowest BCUT2D eigenvalue weighted by Gasteiger charge is -2.10. The van der Waals surface area contributed by atoms with Gasteiger partial charge in [-0.2, -0.15) is 0 Å². The second kappa shape index (κ2) is 34.0. The molecule has 0 nitrogen and oxygen atoms in total. The standard InChI is InChI=1S/C23H28.C3H8.2C2H6.C2H4.CH4/c1-6-9-11-12-13-21-15-17-23(18-16-21)20(5)19(4)22(8-3)14-10-7-2;1-3-2;3*1-2;/h6-11,14-18H,1,3,12-13H2,2,4-5H3;3H2,1-2H3;2*1-2H3;1-2H2;1H4/b10-7-,11-9-,20-19-,22-14+;;;;;. The first kappa shape index (κ1) is 40.7. The highest BCUT2D eigenvalue weighted by Crippen LogP contribution is 2.24. The fourth-order valence-electron chi connectivity index (χ4n) is 2.34. The Morgan fingerprint density at radius 3 is 1.76 bits per heavy atom. The minimum atomic E-state index is 0. The molecule has 0 aliphatic carbocycles. The van der Waals surface area contributed by atoms with Crippen LogP contribution in [0.4, 0.5) is 0 Å². The number of benzene rings is 1. The van der Waals surface area contributed by atoms with Gasteiger partial charge in [-0.3, -0.25) is 0 Å². The predicted octanol–water partition coefficient (Wildman–Crippen LogP) is 11.8. The molecule has 0 atom stereocenters. The van der Waals surface area contributed by atoms with Gasteiger partial charge >= 0.3 is 0 Å². The quantitative estimate of drug-likeness (QED) is 0.272. The van der Waals surface area contributed by atoms with Crippen molar-refractivity contribution in [3.63, 3.8) is 0 Å². The maximum atomic E-state index is 3.92. The number of hydrogen-bond donors (Lipinski definition) is 0. The van der Waals surface area contributed by atoms with Crippen molar-refractivity contribution in [1.29, 1.82) is 0 Å². The summed E-state index contributed by atoms with van der Waals surface area (Å²) in [6.07, 6.45) is 17.4. The molecule has 0 radical (unpaired) electrons. The van der Waals surface area contributed by atoms with Gasteiger partial charge in [0.25, 0.3) is 0 Å². The van der Waals surface area contributed by atoms with E-state index in [1.807, 2.05) is 65.0 Å². The van der Waals surface area contributed by atoms with Gasteiger partial charge in [0.05, 0.1) is 0 Å². The van der Waals surface area contributed by atoms with Crippen molar-refractivity contribution in [2.75, 3.05) is 0 Å². The van der Waals surface area contributed by atoms with E-state index in [0.29, 0.717) is 0 Å². The van der Waals surface area contributed by atoms with E-state index in [9.17, 15) is 0 Å². The molecule has 0 bridgehead atoms. The summed E-state index contributed by atoms with van der Waals surface area (Å²) in [6.45, 7) is 32.2. The summed E-state index contributed by atoms with van der Waals surface area (Å²) in [5.41, 5.74) is 6.35. The maximum absolute atomic E-state index is 3.92. The SMILES string of the molecule is C.C=C.C=C/C=C\CCc1ccc(\C(C)=C(C)/C(C=C)=C/C=C\C)cc1.CC.CC.CCC. The Hall–Kier alpha value is -2.60. The summed E-state index contributed by atoms with van der Waals surface area (Å²) in [6, 6.07) is 8.86. The van der Waals surface area contributed by atoms with E-state index >= 15 is 0 Å². The molecule has 0 aromatic heterocycles. The monoisotopic (exact) mass is 452 g/mol. The van der Waals surface area contributed by atoms with Gasteiger partial charge in [0.1, 0.15) is 0 Å². The molecule has 33 heavy (non-hydrogen) atoms. The fraction of sp³-hybridized carbons (Fsp3) is 0.394. The van der Waals surface area contributed by atoms with Crippen LogP contribution in [-0.2, 0) is 6.42 Å². The molecule has 0 fully saturated rings. The summed E-state index contributed by atoms with van der Waals surface area (Å²) >= 11 is 0. The van der Waals surface area contributed by atoms with Crippen molar-refractivity contribution in [2.24, 2.45) is 0 Å². The van der Waals surface area contributed by atoms with Gasteiger partial charge in [0, 0.05) is 0 Å². The van der Waals surface area contributed by atoms with Crippen molar-refractivity contribution in [2.45, 2.75) is 89.0 Å². The van der Waals surface area contributed by atoms with Gasteiger partial charge in [-0.25, -0.2) is 0 Å². The Morgan fingerprint density at radius 2 is 1.36 bits per heavy atom. The van der Waals surface area contributed by atoms with Gasteiger partial charge in [-0.1, -0.05) is 135 Å². The molecule has 0 saturated heterocycles. The summed E-state index contributed by atoms with van der Waals surface area (Å²) < 4.78 is 0. The zero-order valence-electron chi connectivity index (χ0n) is 22.8. The molecular weight excluding hydrogens is 396 g/mol. The minimum absolute atomic E-state index is 0. The molecule has 0 heteroatoms. The second-order valence-electron chi connectivity index (χ2n) is 6.21. The Kier molecular flexibility index (Phi) is 42.0. The van der Waals surface area contributed by atoms with Crippen LogP contribution in [0.1, 0.15) is 93.7 Å². The molecule has 0 amide bonds. The topological polar surface area (TPSA) is 0 Å². The molecule has 0 spiro atoms. The van der Waals surface area contributed by atoms with E-state index in [1.165, 1.54) is 34.3 Å². The van der Waals surface area contributed by atoms with E-state index in [4.69, 9.17) is 0 Å². The van der Waals surface area contributed by atoms with Crippen LogP contribution < -0.4 is 0 Å². The first-order valence-corrected chi connectivity index (χ1v) is 12.1. The van der Waals surface area contributed by atoms with Crippen LogP contribution in [0.2, 0.25) is 0 Å². The third-order valence-corrected chi connectivity index (χ3v) is 3.94. The van der Waals surface area contributed by atoms with Gasteiger partial charge in [0.2, 0.25) is 0 Å². The van der Waals surface area contributed by atoms with E-state index in [2.05, 4.69) is 90.4 Å². The van der Waals surface area contributed by atoms with Crippen molar-refractivity contribution >= 4 is 5.57 Å². The van der Waals surface area contributed by atoms with Crippen molar-refractivity contribution in [3.05, 3.63) is 115 Å². The van der Waals surface area contributed by atoms with Crippen LogP contribution in [0, 0.1) is 0 Å². The van der Waals surface area contributed by atoms with Crippen molar-refractivity contribution in [1.82, 2.24) is 0 Å². The summed E-state index contributed by atoms with van der Waals surface area (Å²) in [5.74, 6) is 0. The molecule has 0 aliphatic rings. The molecule has 0 saturated carbocycles. The number of allylic oxidation sites excluding steroid dienone is 10. The molecule has 0 unspecified atom stereocenters. The highest BCUT2D eigenvalue weighted by Gasteiger charge is 2.03. The average Bonchev–Trinajstić information content (AvgIpc) is 2.86. The minimum Gasteiger partial charge on any atom is -0.106 e. The van der Waals surface area contributed by atoms with Crippen LogP contribution in [0.3, 0.4) is 0 Å². The molecule has 0 N–H and O–H groups in total. The molecule has 0 heterocycles. The van der Waals surface area contributed by atoms with Gasteiger partial charge in [-0.15, -0.1) is 13.2 Å². The third-order valence-electron chi connectivity index (χ3n) is 3.94. The van der Waals surface area contributed by atoms with Gasteiger partial charge < -0.3 is 0 Å². The van der Waals surface area contributed by atoms with Crippen LogP contribution >= 0.6 is 0 Å². The first-order valence-electron chi connectivity index (χ1n) is 12.1. The summed E-state index contributed by atoms with van der Waals surface area (Å²) in [7, 11) is 0. The van der Waals surface area contributed by atoms with E-state index < -0.39 is 0 Å². The van der Waals surface area contributed by atoms with Gasteiger partial charge in [-0.05, 0) is 61.5 Å². The third kappa shape index (κ3) is 22.4. The zero-order chi connectivity index (χ0) is 25.8. The second-order valence-corrected chi connectivity index (χ2v) is 6.21. The lowest BCUT2D eigenvalue weighted by molar-refractivity contribution is 1.00. The van der Waals surface area contributed by atoms with Crippen LogP contribution in [-0.4, -0.2) is 0 Å². The lowest BCUT2D eigenvalue weighted by Crippen LogP contribution is -1.90. The van der Waals surface area contributed by atoms with Crippen LogP contribution in [0.25, 0.3) is 5.57 Å². The molecular formula is C33H56. The predicted molar refractivity (Wildman–Crippen MR) is 162 cm³/mol. The number of rotatable bonds is 8. The molecule has 188 valence electrons. The van der Waals surface area contributed by atoms with Crippen molar-refractivity contribution in [3.8, 4) is 0 Å². The molecule has 0 aliphatic heterocycles. The number of hydrogen-bond acceptors (Lipinski definition) is 0. The Bertz CT molecular complexity index is 660. The Balaban J connectivity index is -0.000000230. The van der Waals surface area contributed by atoms with Gasteiger partial charge in [0.15, 0.2) is 0 Å². The van der Waals surface area contributed by atoms with Crippen LogP contribution in [0.5, 0.6) is 0 Å².